The lowest BCUT2D eigenvalue weighted by Gasteiger charge is -2.11. The highest BCUT2D eigenvalue weighted by Crippen LogP contribution is 2.17. The van der Waals surface area contributed by atoms with Gasteiger partial charge in [0.15, 0.2) is 5.11 Å². The number of anilines is 1. The first-order valence-corrected chi connectivity index (χ1v) is 7.42. The van der Waals surface area contributed by atoms with E-state index in [9.17, 15) is 0 Å². The minimum absolute atomic E-state index is 0.620. The van der Waals surface area contributed by atoms with Gasteiger partial charge in [-0.3, -0.25) is 0 Å². The van der Waals surface area contributed by atoms with Crippen molar-refractivity contribution in [2.45, 2.75) is 19.9 Å². The first-order valence-electron chi connectivity index (χ1n) is 7.01. The van der Waals surface area contributed by atoms with Crippen LogP contribution in [-0.2, 0) is 6.54 Å². The smallest absolute Gasteiger partial charge is 0.170 e. The Hall–Kier alpha value is -2.08. The van der Waals surface area contributed by atoms with Gasteiger partial charge in [0.1, 0.15) is 5.75 Å². The number of aryl methyl sites for hydroxylation is 1. The summed E-state index contributed by atoms with van der Waals surface area (Å²) in [6, 6.07) is 7.76. The SMILES string of the molecule is CCOc1cccc(NC(=S)NCCCn2ccnc2)c1. The van der Waals surface area contributed by atoms with E-state index in [2.05, 4.69) is 15.6 Å². The lowest BCUT2D eigenvalue weighted by atomic mass is 10.3. The summed E-state index contributed by atoms with van der Waals surface area (Å²) in [7, 11) is 0. The Bertz CT molecular complexity index is 557. The van der Waals surface area contributed by atoms with E-state index in [4.69, 9.17) is 17.0 Å². The highest BCUT2D eigenvalue weighted by Gasteiger charge is 1.99. The van der Waals surface area contributed by atoms with Crippen molar-refractivity contribution in [2.24, 2.45) is 0 Å². The summed E-state index contributed by atoms with van der Waals surface area (Å²) in [5.41, 5.74) is 0.924. The first-order chi connectivity index (χ1) is 10.3. The zero-order chi connectivity index (χ0) is 14.9. The van der Waals surface area contributed by atoms with Crippen LogP contribution in [0.2, 0.25) is 0 Å². The summed E-state index contributed by atoms with van der Waals surface area (Å²) in [5, 5.41) is 6.97. The molecule has 2 aromatic rings. The van der Waals surface area contributed by atoms with Crippen molar-refractivity contribution in [2.75, 3.05) is 18.5 Å². The Kier molecular flexibility index (Phi) is 6.02. The van der Waals surface area contributed by atoms with Gasteiger partial charge in [-0.1, -0.05) is 6.07 Å². The number of nitrogens with one attached hydrogen (secondary N) is 2. The second-order valence-electron chi connectivity index (χ2n) is 4.50. The van der Waals surface area contributed by atoms with Gasteiger partial charge in [-0.25, -0.2) is 4.98 Å². The van der Waals surface area contributed by atoms with Crippen molar-refractivity contribution >= 4 is 23.0 Å². The van der Waals surface area contributed by atoms with Crippen LogP contribution in [0.25, 0.3) is 0 Å². The lowest BCUT2D eigenvalue weighted by molar-refractivity contribution is 0.340. The Labute approximate surface area is 130 Å². The van der Waals surface area contributed by atoms with Crippen LogP contribution in [-0.4, -0.2) is 27.8 Å². The van der Waals surface area contributed by atoms with Gasteiger partial charge >= 0.3 is 0 Å². The standard InChI is InChI=1S/C15H20N4OS/c1-2-20-14-6-3-5-13(11-14)18-15(21)17-7-4-9-19-10-8-16-12-19/h3,5-6,8,10-12H,2,4,7,9H2,1H3,(H2,17,18,21). The molecule has 0 unspecified atom stereocenters. The van der Waals surface area contributed by atoms with E-state index in [1.54, 1.807) is 6.20 Å². The van der Waals surface area contributed by atoms with E-state index < -0.39 is 0 Å². The molecule has 0 aliphatic carbocycles. The molecule has 0 atom stereocenters. The molecule has 112 valence electrons. The molecule has 0 bridgehead atoms. The number of benzene rings is 1. The molecular weight excluding hydrogens is 284 g/mol. The van der Waals surface area contributed by atoms with Crippen LogP contribution in [0.1, 0.15) is 13.3 Å². The predicted molar refractivity (Wildman–Crippen MR) is 88.7 cm³/mol. The number of ether oxygens (including phenoxy) is 1. The predicted octanol–water partition coefficient (Wildman–Crippen LogP) is 2.66. The van der Waals surface area contributed by atoms with Gasteiger partial charge in [0.05, 0.1) is 12.9 Å². The zero-order valence-electron chi connectivity index (χ0n) is 12.1. The van der Waals surface area contributed by atoms with Crippen molar-refractivity contribution in [3.63, 3.8) is 0 Å². The fourth-order valence-electron chi connectivity index (χ4n) is 1.89. The maximum absolute atomic E-state index is 5.46. The topological polar surface area (TPSA) is 51.1 Å². The molecule has 1 aromatic heterocycles. The lowest BCUT2D eigenvalue weighted by Crippen LogP contribution is -2.29. The fraction of sp³-hybridized carbons (Fsp3) is 0.333. The van der Waals surface area contributed by atoms with Crippen LogP contribution in [0.15, 0.2) is 43.0 Å². The number of hydrogen-bond acceptors (Lipinski definition) is 3. The number of rotatable bonds is 7. The van der Waals surface area contributed by atoms with Gasteiger partial charge in [0.25, 0.3) is 0 Å². The highest BCUT2D eigenvalue weighted by atomic mass is 32.1. The normalized spacial score (nSPS) is 10.1. The molecular formula is C15H20N4OS. The molecule has 0 aliphatic rings. The van der Waals surface area contributed by atoms with E-state index in [0.29, 0.717) is 11.7 Å². The molecule has 6 heteroatoms. The fourth-order valence-corrected chi connectivity index (χ4v) is 2.11. The van der Waals surface area contributed by atoms with Crippen LogP contribution < -0.4 is 15.4 Å². The maximum atomic E-state index is 5.46. The number of thiocarbonyl (C=S) groups is 1. The third-order valence-corrected chi connectivity index (χ3v) is 3.09. The molecule has 0 saturated carbocycles. The van der Waals surface area contributed by atoms with E-state index >= 15 is 0 Å². The third-order valence-electron chi connectivity index (χ3n) is 2.84. The average molecular weight is 304 g/mol. The van der Waals surface area contributed by atoms with Crippen LogP contribution in [0.4, 0.5) is 5.69 Å². The van der Waals surface area contributed by atoms with Crippen molar-refractivity contribution < 1.29 is 4.74 Å². The van der Waals surface area contributed by atoms with Gasteiger partial charge in [-0.15, -0.1) is 0 Å². The molecule has 0 fully saturated rings. The quantitative estimate of drug-likeness (QED) is 0.608. The van der Waals surface area contributed by atoms with Gasteiger partial charge in [-0.05, 0) is 37.7 Å². The monoisotopic (exact) mass is 304 g/mol. The highest BCUT2D eigenvalue weighted by molar-refractivity contribution is 7.80. The molecule has 1 aromatic carbocycles. The molecule has 1 heterocycles. The van der Waals surface area contributed by atoms with Crippen molar-refractivity contribution in [1.82, 2.24) is 14.9 Å². The van der Waals surface area contributed by atoms with Gasteiger partial charge in [0, 0.05) is 37.2 Å². The Morgan fingerprint density at radius 2 is 2.33 bits per heavy atom. The van der Waals surface area contributed by atoms with Crippen molar-refractivity contribution in [3.8, 4) is 5.75 Å². The molecule has 0 saturated heterocycles. The molecule has 0 radical (unpaired) electrons. The van der Waals surface area contributed by atoms with Crippen LogP contribution >= 0.6 is 12.2 Å². The number of hydrogen-bond donors (Lipinski definition) is 2. The molecule has 0 spiro atoms. The minimum Gasteiger partial charge on any atom is -0.494 e. The Balaban J connectivity index is 1.70. The molecule has 21 heavy (non-hydrogen) atoms. The minimum atomic E-state index is 0.620. The van der Waals surface area contributed by atoms with Crippen LogP contribution in [0.5, 0.6) is 5.75 Å². The van der Waals surface area contributed by atoms with Gasteiger partial charge < -0.3 is 19.9 Å². The van der Waals surface area contributed by atoms with E-state index in [-0.39, 0.29) is 0 Å². The molecule has 0 aliphatic heterocycles. The van der Waals surface area contributed by atoms with Crippen LogP contribution in [0, 0.1) is 0 Å². The summed E-state index contributed by atoms with van der Waals surface area (Å²) >= 11 is 5.28. The van der Waals surface area contributed by atoms with Gasteiger partial charge in [-0.2, -0.15) is 0 Å². The van der Waals surface area contributed by atoms with E-state index in [1.165, 1.54) is 0 Å². The van der Waals surface area contributed by atoms with E-state index in [0.717, 1.165) is 30.9 Å². The third kappa shape index (κ3) is 5.43. The second kappa shape index (κ2) is 8.26. The summed E-state index contributed by atoms with van der Waals surface area (Å²) in [4.78, 5) is 4.01. The second-order valence-corrected chi connectivity index (χ2v) is 4.90. The maximum Gasteiger partial charge on any atom is 0.170 e. The van der Waals surface area contributed by atoms with E-state index in [1.807, 2.05) is 48.3 Å². The molecule has 0 amide bonds. The van der Waals surface area contributed by atoms with Crippen LogP contribution in [0.3, 0.4) is 0 Å². The zero-order valence-corrected chi connectivity index (χ0v) is 12.9. The molecule has 2 N–H and O–H groups in total. The molecule has 2 rings (SSSR count). The summed E-state index contributed by atoms with van der Waals surface area (Å²) in [6.45, 7) is 4.36. The average Bonchev–Trinajstić information content (AvgIpc) is 2.98. The molecule has 5 nitrogen and oxygen atoms in total. The summed E-state index contributed by atoms with van der Waals surface area (Å²) < 4.78 is 7.50. The summed E-state index contributed by atoms with van der Waals surface area (Å²) in [6.07, 6.45) is 6.54. The van der Waals surface area contributed by atoms with Crippen molar-refractivity contribution in [1.29, 1.82) is 0 Å². The number of aromatic nitrogens is 2. The number of nitrogens with zero attached hydrogens (tertiary/aromatic N) is 2. The largest absolute Gasteiger partial charge is 0.494 e. The summed E-state index contributed by atoms with van der Waals surface area (Å²) in [5.74, 6) is 0.838. The van der Waals surface area contributed by atoms with Gasteiger partial charge in [0.2, 0.25) is 0 Å². The number of imidazole rings is 1. The Morgan fingerprint density at radius 1 is 1.43 bits per heavy atom. The first kappa shape index (κ1) is 15.3. The Morgan fingerprint density at radius 3 is 3.10 bits per heavy atom. The van der Waals surface area contributed by atoms with Crippen molar-refractivity contribution in [3.05, 3.63) is 43.0 Å².